The number of hydrogen-bond donors (Lipinski definition) is 1. The van der Waals surface area contributed by atoms with Crippen LogP contribution in [0.3, 0.4) is 0 Å². The second-order valence-electron chi connectivity index (χ2n) is 4.74. The highest BCUT2D eigenvalue weighted by molar-refractivity contribution is 5.84. The first-order valence-electron chi connectivity index (χ1n) is 6.48. The smallest absolute Gasteiger partial charge is 0.182 e. The minimum atomic E-state index is -0.334. The molecule has 1 aromatic carbocycles. The normalized spacial score (nSPS) is 10.4. The van der Waals surface area contributed by atoms with Gasteiger partial charge in [0, 0.05) is 36.1 Å². The Balaban J connectivity index is 2.21. The van der Waals surface area contributed by atoms with Gasteiger partial charge >= 0.3 is 0 Å². The summed E-state index contributed by atoms with van der Waals surface area (Å²) in [5.41, 5.74) is 2.36. The van der Waals surface area contributed by atoms with Crippen LogP contribution in [0.5, 0.6) is 5.75 Å². The van der Waals surface area contributed by atoms with Crippen LogP contribution in [-0.4, -0.2) is 19.9 Å². The van der Waals surface area contributed by atoms with Crippen LogP contribution in [0.4, 0.5) is 4.39 Å². The third-order valence-corrected chi connectivity index (χ3v) is 3.27. The van der Waals surface area contributed by atoms with Gasteiger partial charge in [-0.1, -0.05) is 0 Å². The van der Waals surface area contributed by atoms with Crippen LogP contribution in [0, 0.1) is 17.1 Å². The molecule has 0 aliphatic carbocycles. The van der Waals surface area contributed by atoms with Gasteiger partial charge in [-0.15, -0.1) is 0 Å². The number of rotatable bonds is 2. The van der Waals surface area contributed by atoms with Crippen molar-refractivity contribution >= 4 is 0 Å². The van der Waals surface area contributed by atoms with E-state index in [0.717, 1.165) is 0 Å². The van der Waals surface area contributed by atoms with Gasteiger partial charge < -0.3 is 5.11 Å². The van der Waals surface area contributed by atoms with Crippen LogP contribution in [-0.2, 0) is 7.05 Å². The molecule has 2 aromatic heterocycles. The number of aryl methyl sites for hydroxylation is 1. The largest absolute Gasteiger partial charge is 0.504 e. The highest BCUT2D eigenvalue weighted by Gasteiger charge is 2.17. The predicted molar refractivity (Wildman–Crippen MR) is 78.2 cm³/mol. The number of benzene rings is 1. The maximum absolute atomic E-state index is 13.1. The Labute approximate surface area is 125 Å². The van der Waals surface area contributed by atoms with E-state index in [1.165, 1.54) is 18.3 Å². The van der Waals surface area contributed by atoms with Crippen molar-refractivity contribution in [3.8, 4) is 34.2 Å². The number of hydrogen-bond acceptors (Lipinski definition) is 4. The van der Waals surface area contributed by atoms with Crippen molar-refractivity contribution in [3.63, 3.8) is 0 Å². The number of halogens is 1. The van der Waals surface area contributed by atoms with Crippen LogP contribution in [0.15, 0.2) is 42.7 Å². The van der Waals surface area contributed by atoms with Gasteiger partial charge in [-0.05, 0) is 30.3 Å². The SMILES string of the molecule is Cn1cc(-c2ccnc(C#N)c2O)c(-c2ccc(F)cc2)n1. The summed E-state index contributed by atoms with van der Waals surface area (Å²) in [7, 11) is 1.75. The number of pyridine rings is 1. The summed E-state index contributed by atoms with van der Waals surface area (Å²) in [6.45, 7) is 0. The molecule has 0 radical (unpaired) electrons. The molecular formula is C16H11FN4O. The topological polar surface area (TPSA) is 74.7 Å². The van der Waals surface area contributed by atoms with E-state index >= 15 is 0 Å². The van der Waals surface area contributed by atoms with Gasteiger partial charge in [0.05, 0.1) is 0 Å². The van der Waals surface area contributed by atoms with E-state index in [2.05, 4.69) is 10.1 Å². The quantitative estimate of drug-likeness (QED) is 0.788. The van der Waals surface area contributed by atoms with E-state index in [9.17, 15) is 9.50 Å². The summed E-state index contributed by atoms with van der Waals surface area (Å²) in [6, 6.07) is 9.38. The average molecular weight is 294 g/mol. The van der Waals surface area contributed by atoms with Crippen molar-refractivity contribution in [2.24, 2.45) is 7.05 Å². The van der Waals surface area contributed by atoms with Crippen molar-refractivity contribution in [3.05, 3.63) is 54.2 Å². The van der Waals surface area contributed by atoms with E-state index in [-0.39, 0.29) is 17.3 Å². The summed E-state index contributed by atoms with van der Waals surface area (Å²) < 4.78 is 14.7. The maximum Gasteiger partial charge on any atom is 0.182 e. The third kappa shape index (κ3) is 2.29. The maximum atomic E-state index is 13.1. The molecule has 22 heavy (non-hydrogen) atoms. The number of nitrogens with zero attached hydrogens (tertiary/aromatic N) is 4. The lowest BCUT2D eigenvalue weighted by atomic mass is 10.0. The van der Waals surface area contributed by atoms with E-state index < -0.39 is 0 Å². The highest BCUT2D eigenvalue weighted by atomic mass is 19.1. The Morgan fingerprint density at radius 1 is 1.18 bits per heavy atom. The van der Waals surface area contributed by atoms with E-state index in [1.807, 2.05) is 6.07 Å². The van der Waals surface area contributed by atoms with Crippen LogP contribution < -0.4 is 0 Å². The van der Waals surface area contributed by atoms with E-state index in [0.29, 0.717) is 22.4 Å². The zero-order valence-corrected chi connectivity index (χ0v) is 11.7. The molecular weight excluding hydrogens is 283 g/mol. The predicted octanol–water partition coefficient (Wildman–Crippen LogP) is 2.87. The van der Waals surface area contributed by atoms with Gasteiger partial charge in [0.15, 0.2) is 11.4 Å². The molecule has 0 amide bonds. The molecule has 3 rings (SSSR count). The lowest BCUT2D eigenvalue weighted by Gasteiger charge is -2.06. The van der Waals surface area contributed by atoms with Gasteiger partial charge in [-0.25, -0.2) is 9.37 Å². The van der Waals surface area contributed by atoms with Gasteiger partial charge in [0.25, 0.3) is 0 Å². The minimum Gasteiger partial charge on any atom is -0.504 e. The zero-order valence-electron chi connectivity index (χ0n) is 11.7. The molecule has 0 aliphatic heterocycles. The Morgan fingerprint density at radius 3 is 2.59 bits per heavy atom. The summed E-state index contributed by atoms with van der Waals surface area (Å²) in [5, 5.41) is 23.5. The fraction of sp³-hybridized carbons (Fsp3) is 0.0625. The van der Waals surface area contributed by atoms with Gasteiger partial charge in [-0.3, -0.25) is 4.68 Å². The van der Waals surface area contributed by atoms with E-state index in [4.69, 9.17) is 5.26 Å². The Morgan fingerprint density at radius 2 is 1.91 bits per heavy atom. The Hall–Kier alpha value is -3.20. The Bertz CT molecular complexity index is 878. The summed E-state index contributed by atoms with van der Waals surface area (Å²) in [6.07, 6.45) is 3.18. The lowest BCUT2D eigenvalue weighted by Crippen LogP contribution is -1.89. The lowest BCUT2D eigenvalue weighted by molar-refractivity contribution is 0.472. The van der Waals surface area contributed by atoms with Crippen LogP contribution >= 0.6 is 0 Å². The van der Waals surface area contributed by atoms with Crippen LogP contribution in [0.1, 0.15) is 5.69 Å². The molecule has 5 nitrogen and oxygen atoms in total. The molecule has 6 heteroatoms. The monoisotopic (exact) mass is 294 g/mol. The van der Waals surface area contributed by atoms with Gasteiger partial charge in [0.2, 0.25) is 0 Å². The average Bonchev–Trinajstić information content (AvgIpc) is 2.90. The molecule has 0 bridgehead atoms. The van der Waals surface area contributed by atoms with Crippen molar-refractivity contribution in [2.45, 2.75) is 0 Å². The van der Waals surface area contributed by atoms with E-state index in [1.54, 1.807) is 36.1 Å². The molecule has 0 saturated heterocycles. The van der Waals surface area contributed by atoms with Crippen LogP contribution in [0.2, 0.25) is 0 Å². The zero-order chi connectivity index (χ0) is 15.7. The molecule has 0 fully saturated rings. The first-order chi connectivity index (χ1) is 10.6. The number of nitriles is 1. The summed E-state index contributed by atoms with van der Waals surface area (Å²) in [5.74, 6) is -0.527. The van der Waals surface area contributed by atoms with Gasteiger partial charge in [-0.2, -0.15) is 10.4 Å². The molecule has 0 aliphatic rings. The third-order valence-electron chi connectivity index (χ3n) is 3.27. The molecule has 0 unspecified atom stereocenters. The van der Waals surface area contributed by atoms with Crippen molar-refractivity contribution in [1.82, 2.24) is 14.8 Å². The molecule has 0 spiro atoms. The molecule has 0 atom stereocenters. The first kappa shape index (κ1) is 13.8. The number of aromatic nitrogens is 3. The van der Waals surface area contributed by atoms with Crippen molar-refractivity contribution in [2.75, 3.05) is 0 Å². The summed E-state index contributed by atoms with van der Waals surface area (Å²) >= 11 is 0. The fourth-order valence-electron chi connectivity index (χ4n) is 2.26. The minimum absolute atomic E-state index is 0.0496. The molecule has 1 N–H and O–H groups in total. The highest BCUT2D eigenvalue weighted by Crippen LogP contribution is 2.36. The van der Waals surface area contributed by atoms with Crippen LogP contribution in [0.25, 0.3) is 22.4 Å². The first-order valence-corrected chi connectivity index (χ1v) is 6.48. The van der Waals surface area contributed by atoms with Crippen molar-refractivity contribution in [1.29, 1.82) is 5.26 Å². The molecule has 3 aromatic rings. The second-order valence-corrected chi connectivity index (χ2v) is 4.74. The number of aromatic hydroxyl groups is 1. The van der Waals surface area contributed by atoms with Crippen molar-refractivity contribution < 1.29 is 9.50 Å². The fourth-order valence-corrected chi connectivity index (χ4v) is 2.26. The second kappa shape index (κ2) is 5.30. The Kier molecular flexibility index (Phi) is 3.31. The summed E-state index contributed by atoms with van der Waals surface area (Å²) in [4.78, 5) is 3.82. The molecule has 108 valence electrons. The van der Waals surface area contributed by atoms with Gasteiger partial charge in [0.1, 0.15) is 17.6 Å². The molecule has 0 saturated carbocycles. The standard InChI is InChI=1S/C16H11FN4O/c1-21-9-13(12-6-7-19-14(8-18)16(12)22)15(20-21)10-2-4-11(17)5-3-10/h2-7,9,22H,1H3. The molecule has 2 heterocycles.